The molecule has 9 heteroatoms. The van der Waals surface area contributed by atoms with Crippen molar-refractivity contribution in [1.29, 1.82) is 0 Å². The van der Waals surface area contributed by atoms with E-state index in [2.05, 4.69) is 84.4 Å². The van der Waals surface area contributed by atoms with Crippen LogP contribution in [0.3, 0.4) is 0 Å². The summed E-state index contributed by atoms with van der Waals surface area (Å²) >= 11 is 0. The van der Waals surface area contributed by atoms with E-state index >= 15 is 0 Å². The average Bonchev–Trinajstić information content (AvgIpc) is 3.47. The summed E-state index contributed by atoms with van der Waals surface area (Å²) in [5.74, 6) is 1.92. The van der Waals surface area contributed by atoms with Crippen LogP contribution in [0, 0.1) is 0 Å². The van der Waals surface area contributed by atoms with Crippen LogP contribution >= 0.6 is 0 Å². The van der Waals surface area contributed by atoms with Crippen molar-refractivity contribution in [2.24, 2.45) is 0 Å². The average molecular weight is 457 g/mol. The standard InChI is InChI=1S/C23H28N8.K.H/c1-2-7-22-24-19-9-4-6-11-21(19)31(22)17-14-29-12-15-30(16-13-29)20-10-5-3-8-18(20)23-25-27-28-26-23;;/h3-6,8-11H,2,7,12-17H2,1H3,(H,25,26,27,28);;. The van der Waals surface area contributed by atoms with E-state index < -0.39 is 0 Å². The molecule has 2 aromatic carbocycles. The Labute approximate surface area is 230 Å². The van der Waals surface area contributed by atoms with Gasteiger partial charge in [0.05, 0.1) is 11.0 Å². The van der Waals surface area contributed by atoms with Crippen LogP contribution in [-0.2, 0) is 13.0 Å². The Balaban J connectivity index is 0.00000245. The molecule has 0 spiro atoms. The minimum atomic E-state index is 0. The zero-order chi connectivity index (χ0) is 21.0. The Kier molecular flexibility index (Phi) is 8.09. The number of rotatable bonds is 7. The SMILES string of the molecule is CCCc1nc2ccccc2n1CCN1CCN(c2ccccc2-c2nnn[nH]2)CC1.[KH]. The number of hydrogen-bond donors (Lipinski definition) is 1. The second kappa shape index (κ2) is 11.0. The number of imidazole rings is 1. The van der Waals surface area contributed by atoms with Crippen molar-refractivity contribution in [3.63, 3.8) is 0 Å². The zero-order valence-corrected chi connectivity index (χ0v) is 17.9. The Hall–Kier alpha value is -1.62. The number of aromatic amines is 1. The third-order valence-corrected chi connectivity index (χ3v) is 6.06. The second-order valence-electron chi connectivity index (χ2n) is 8.01. The van der Waals surface area contributed by atoms with Gasteiger partial charge in [-0.25, -0.2) is 10.1 Å². The number of aromatic nitrogens is 6. The molecule has 1 saturated heterocycles. The van der Waals surface area contributed by atoms with Crippen molar-refractivity contribution in [2.45, 2.75) is 26.3 Å². The molecular weight excluding hydrogens is 427 g/mol. The minimum absolute atomic E-state index is 0. The Morgan fingerprint density at radius 2 is 1.72 bits per heavy atom. The van der Waals surface area contributed by atoms with Crippen LogP contribution in [0.1, 0.15) is 19.2 Å². The number of benzene rings is 2. The summed E-state index contributed by atoms with van der Waals surface area (Å²) in [6, 6.07) is 16.8. The number of H-pyrrole nitrogens is 1. The van der Waals surface area contributed by atoms with Crippen LogP contribution in [0.25, 0.3) is 22.4 Å². The molecule has 1 N–H and O–H groups in total. The topological polar surface area (TPSA) is 78.8 Å². The third kappa shape index (κ3) is 4.98. The van der Waals surface area contributed by atoms with Gasteiger partial charge in [0.15, 0.2) is 5.82 Å². The van der Waals surface area contributed by atoms with E-state index in [0.717, 1.165) is 63.2 Å². The molecule has 0 aliphatic carbocycles. The summed E-state index contributed by atoms with van der Waals surface area (Å²) in [4.78, 5) is 9.86. The first-order valence-electron chi connectivity index (χ1n) is 11.1. The number of piperazine rings is 1. The number of hydrogen-bond acceptors (Lipinski definition) is 6. The van der Waals surface area contributed by atoms with Gasteiger partial charge < -0.3 is 9.47 Å². The van der Waals surface area contributed by atoms with Gasteiger partial charge in [-0.2, -0.15) is 0 Å². The van der Waals surface area contributed by atoms with Gasteiger partial charge in [0, 0.05) is 56.9 Å². The predicted octanol–water partition coefficient (Wildman–Crippen LogP) is 2.34. The molecule has 0 saturated carbocycles. The van der Waals surface area contributed by atoms with Crippen LogP contribution in [0.4, 0.5) is 5.69 Å². The first-order chi connectivity index (χ1) is 15.3. The van der Waals surface area contributed by atoms with E-state index in [1.54, 1.807) is 0 Å². The van der Waals surface area contributed by atoms with E-state index in [1.165, 1.54) is 17.0 Å². The van der Waals surface area contributed by atoms with Crippen molar-refractivity contribution in [1.82, 2.24) is 35.1 Å². The molecule has 8 nitrogen and oxygen atoms in total. The first kappa shape index (κ1) is 23.5. The van der Waals surface area contributed by atoms with E-state index in [9.17, 15) is 0 Å². The van der Waals surface area contributed by atoms with Gasteiger partial charge in [0.1, 0.15) is 5.82 Å². The summed E-state index contributed by atoms with van der Waals surface area (Å²) in [7, 11) is 0. The van der Waals surface area contributed by atoms with Gasteiger partial charge >= 0.3 is 51.4 Å². The Morgan fingerprint density at radius 1 is 0.938 bits per heavy atom. The summed E-state index contributed by atoms with van der Waals surface area (Å²) in [5.41, 5.74) is 4.59. The molecule has 0 atom stereocenters. The molecule has 162 valence electrons. The van der Waals surface area contributed by atoms with Gasteiger partial charge in [-0.1, -0.05) is 31.2 Å². The molecule has 5 rings (SSSR count). The van der Waals surface area contributed by atoms with Crippen LogP contribution in [0.15, 0.2) is 48.5 Å². The van der Waals surface area contributed by atoms with E-state index in [1.807, 2.05) is 6.07 Å². The quantitative estimate of drug-likeness (QED) is 0.430. The maximum atomic E-state index is 4.87. The van der Waals surface area contributed by atoms with Crippen LogP contribution in [-0.4, -0.2) is 119 Å². The number of tetrazole rings is 1. The zero-order valence-electron chi connectivity index (χ0n) is 17.9. The fourth-order valence-corrected chi connectivity index (χ4v) is 4.47. The van der Waals surface area contributed by atoms with Crippen LogP contribution in [0.2, 0.25) is 0 Å². The molecular formula is C23H29KN8. The fourth-order valence-electron chi connectivity index (χ4n) is 4.47. The molecule has 0 bridgehead atoms. The number of nitrogens with zero attached hydrogens (tertiary/aromatic N) is 7. The van der Waals surface area contributed by atoms with Crippen molar-refractivity contribution in [2.75, 3.05) is 37.6 Å². The number of fused-ring (bicyclic) bond motifs is 1. The van der Waals surface area contributed by atoms with E-state index in [4.69, 9.17) is 4.98 Å². The van der Waals surface area contributed by atoms with Gasteiger partial charge in [-0.05, 0) is 41.1 Å². The summed E-state index contributed by atoms with van der Waals surface area (Å²) < 4.78 is 2.41. The molecule has 0 amide bonds. The molecule has 1 fully saturated rings. The van der Waals surface area contributed by atoms with Crippen LogP contribution in [0.5, 0.6) is 0 Å². The number of anilines is 1. The van der Waals surface area contributed by atoms with E-state index in [0.29, 0.717) is 5.82 Å². The molecule has 2 aromatic heterocycles. The van der Waals surface area contributed by atoms with Gasteiger partial charge in [0.25, 0.3) is 0 Å². The molecule has 32 heavy (non-hydrogen) atoms. The van der Waals surface area contributed by atoms with Crippen molar-refractivity contribution in [3.05, 3.63) is 54.4 Å². The van der Waals surface area contributed by atoms with Crippen molar-refractivity contribution >= 4 is 68.1 Å². The second-order valence-corrected chi connectivity index (χ2v) is 8.01. The predicted molar refractivity (Wildman–Crippen MR) is 129 cm³/mol. The Morgan fingerprint density at radius 3 is 2.50 bits per heavy atom. The Bertz CT molecular complexity index is 1130. The first-order valence-corrected chi connectivity index (χ1v) is 11.1. The molecule has 1 aliphatic rings. The monoisotopic (exact) mass is 456 g/mol. The number of para-hydroxylation sites is 3. The number of nitrogens with one attached hydrogen (secondary N) is 1. The molecule has 4 aromatic rings. The van der Waals surface area contributed by atoms with E-state index in [-0.39, 0.29) is 51.4 Å². The number of aryl methyl sites for hydroxylation is 1. The summed E-state index contributed by atoms with van der Waals surface area (Å²) in [6.07, 6.45) is 2.14. The normalized spacial score (nSPS) is 14.6. The van der Waals surface area contributed by atoms with Gasteiger partial charge in [-0.15, -0.1) is 5.10 Å². The fraction of sp³-hybridized carbons (Fsp3) is 0.391. The molecule has 0 unspecified atom stereocenters. The van der Waals surface area contributed by atoms with Gasteiger partial charge in [-0.3, -0.25) is 4.90 Å². The molecule has 1 aliphatic heterocycles. The van der Waals surface area contributed by atoms with Gasteiger partial charge in [0.2, 0.25) is 0 Å². The summed E-state index contributed by atoms with van der Waals surface area (Å²) in [6.45, 7) is 8.30. The molecule has 3 heterocycles. The van der Waals surface area contributed by atoms with Crippen LogP contribution < -0.4 is 4.90 Å². The van der Waals surface area contributed by atoms with Crippen molar-refractivity contribution in [3.8, 4) is 11.4 Å². The third-order valence-electron chi connectivity index (χ3n) is 6.06. The molecule has 0 radical (unpaired) electrons. The maximum absolute atomic E-state index is 4.87. The van der Waals surface area contributed by atoms with Crippen molar-refractivity contribution < 1.29 is 0 Å². The summed E-state index contributed by atoms with van der Waals surface area (Å²) in [5, 5.41) is 14.5.